The highest BCUT2D eigenvalue weighted by Crippen LogP contribution is 2.45. The van der Waals surface area contributed by atoms with Gasteiger partial charge in [0.05, 0.1) is 6.10 Å². The van der Waals surface area contributed by atoms with E-state index in [2.05, 4.69) is 10.3 Å². The number of rotatable bonds is 5. The van der Waals surface area contributed by atoms with E-state index in [-0.39, 0.29) is 5.82 Å². The second kappa shape index (κ2) is 6.93. The summed E-state index contributed by atoms with van der Waals surface area (Å²) in [7, 11) is -2.25. The van der Waals surface area contributed by atoms with Crippen LogP contribution in [0.15, 0.2) is 17.1 Å². The fourth-order valence-corrected chi connectivity index (χ4v) is 3.72. The summed E-state index contributed by atoms with van der Waals surface area (Å²) in [5.74, 6) is -3.80. The van der Waals surface area contributed by atoms with Crippen LogP contribution >= 0.6 is 0 Å². The number of carbonyl (C=O) groups excluding carboxylic acids is 1. The monoisotopic (exact) mass is 375 g/mol. The lowest BCUT2D eigenvalue weighted by molar-refractivity contribution is -0.137. The van der Waals surface area contributed by atoms with E-state index in [4.69, 9.17) is 9.16 Å². The second-order valence-electron chi connectivity index (χ2n) is 6.94. The van der Waals surface area contributed by atoms with E-state index in [0.29, 0.717) is 6.42 Å². The van der Waals surface area contributed by atoms with E-state index in [0.717, 1.165) is 10.8 Å². The lowest BCUT2D eigenvalue weighted by Crippen LogP contribution is -2.47. The van der Waals surface area contributed by atoms with Gasteiger partial charge in [-0.15, -0.1) is 0 Å². The average Bonchev–Trinajstić information content (AvgIpc) is 2.69. The largest absolute Gasteiger partial charge is 0.406 e. The van der Waals surface area contributed by atoms with Crippen molar-refractivity contribution in [3.05, 3.63) is 22.7 Å². The normalized spacial score (nSPS) is 25.8. The van der Waals surface area contributed by atoms with E-state index in [1.807, 2.05) is 19.6 Å². The van der Waals surface area contributed by atoms with Gasteiger partial charge in [0.1, 0.15) is 11.9 Å². The number of nitrogens with zero attached hydrogens (tertiary/aromatic N) is 2. The predicted molar refractivity (Wildman–Crippen MR) is 90.2 cm³/mol. The molecule has 0 bridgehead atoms. The number of nitrogens with one attached hydrogen (secondary N) is 1. The van der Waals surface area contributed by atoms with Gasteiger partial charge in [0.25, 0.3) is 0 Å². The van der Waals surface area contributed by atoms with Crippen LogP contribution in [0.1, 0.15) is 26.5 Å². The van der Waals surface area contributed by atoms with Gasteiger partial charge in [0.15, 0.2) is 8.32 Å². The maximum atomic E-state index is 14.9. The first kappa shape index (κ1) is 19.7. The van der Waals surface area contributed by atoms with Gasteiger partial charge in [-0.05, 0) is 32.1 Å². The molecule has 140 valence electrons. The van der Waals surface area contributed by atoms with Gasteiger partial charge >= 0.3 is 11.6 Å². The van der Waals surface area contributed by atoms with Crippen molar-refractivity contribution in [2.24, 2.45) is 0 Å². The fourth-order valence-electron chi connectivity index (χ4n) is 2.65. The topological polar surface area (TPSA) is 82.5 Å². The Hall–Kier alpha value is -1.65. The smallest absolute Gasteiger partial charge is 0.351 e. The number of ether oxygens (including phenoxy) is 1. The maximum absolute atomic E-state index is 14.9. The van der Waals surface area contributed by atoms with Gasteiger partial charge in [-0.3, -0.25) is 9.36 Å². The van der Waals surface area contributed by atoms with Gasteiger partial charge in [-0.2, -0.15) is 13.8 Å². The van der Waals surface area contributed by atoms with Crippen LogP contribution in [0.4, 0.5) is 14.6 Å². The molecule has 0 spiro atoms. The highest BCUT2D eigenvalue weighted by atomic mass is 28.4. The van der Waals surface area contributed by atoms with E-state index in [1.54, 1.807) is 6.92 Å². The SMILES string of the molecule is CC[C@H]1O[C@@H](n2ccc(NC(C)=O)nc2=O)C(F)(F)[C@@H]1O[Si](C)(C)C. The third kappa shape index (κ3) is 4.31. The summed E-state index contributed by atoms with van der Waals surface area (Å²) in [5.41, 5.74) is -0.931. The van der Waals surface area contributed by atoms with Crippen LogP contribution in [0.5, 0.6) is 0 Å². The zero-order valence-electron chi connectivity index (χ0n) is 14.9. The summed E-state index contributed by atoms with van der Waals surface area (Å²) in [4.78, 5) is 26.8. The number of hydrogen-bond donors (Lipinski definition) is 1. The van der Waals surface area contributed by atoms with Crippen LogP contribution in [-0.2, 0) is 14.0 Å². The molecule has 1 amide bonds. The molecular weight excluding hydrogens is 352 g/mol. The lowest BCUT2D eigenvalue weighted by Gasteiger charge is -2.30. The highest BCUT2D eigenvalue weighted by Gasteiger charge is 2.61. The minimum Gasteiger partial charge on any atom is -0.406 e. The number of carbonyl (C=O) groups is 1. The Morgan fingerprint density at radius 1 is 1.48 bits per heavy atom. The zero-order valence-corrected chi connectivity index (χ0v) is 15.9. The first-order valence-corrected chi connectivity index (χ1v) is 11.4. The Balaban J connectivity index is 2.36. The van der Waals surface area contributed by atoms with Crippen LogP contribution in [0, 0.1) is 0 Å². The molecule has 3 atom stereocenters. The van der Waals surface area contributed by atoms with Crippen molar-refractivity contribution in [3.63, 3.8) is 0 Å². The Morgan fingerprint density at radius 3 is 2.60 bits per heavy atom. The van der Waals surface area contributed by atoms with Crippen LogP contribution < -0.4 is 11.0 Å². The Labute approximate surface area is 145 Å². The standard InChI is InChI=1S/C15H23F2N3O4Si/c1-6-10-12(24-25(3,4)5)15(16,17)13(23-10)20-8-7-11(18-9(2)21)19-14(20)22/h7-8,10,12-13H,6H2,1-5H3,(H,18,19,21,22)/t10-,12-,13-/m1/s1. The fraction of sp³-hybridized carbons (Fsp3) is 0.667. The molecule has 1 aromatic heterocycles. The molecule has 7 nitrogen and oxygen atoms in total. The summed E-state index contributed by atoms with van der Waals surface area (Å²) in [6, 6.07) is 1.27. The number of alkyl halides is 2. The molecule has 1 fully saturated rings. The Kier molecular flexibility index (Phi) is 5.45. The van der Waals surface area contributed by atoms with Gasteiger partial charge in [0.2, 0.25) is 12.1 Å². The number of anilines is 1. The number of amides is 1. The van der Waals surface area contributed by atoms with Crippen LogP contribution in [-0.4, -0.2) is 41.9 Å². The van der Waals surface area contributed by atoms with Crippen LogP contribution in [0.2, 0.25) is 19.6 Å². The molecule has 1 aromatic rings. The molecule has 10 heteroatoms. The molecule has 1 aliphatic rings. The van der Waals surface area contributed by atoms with Crippen molar-refractivity contribution in [2.45, 2.75) is 64.3 Å². The van der Waals surface area contributed by atoms with Crippen molar-refractivity contribution < 1.29 is 22.7 Å². The zero-order chi connectivity index (χ0) is 19.0. The first-order chi connectivity index (χ1) is 11.5. The molecule has 2 heterocycles. The number of aromatic nitrogens is 2. The second-order valence-corrected chi connectivity index (χ2v) is 11.4. The minimum absolute atomic E-state index is 0.00277. The predicted octanol–water partition coefficient (Wildman–Crippen LogP) is 2.36. The third-order valence-corrected chi connectivity index (χ3v) is 4.58. The van der Waals surface area contributed by atoms with Gasteiger partial charge < -0.3 is 14.5 Å². The minimum atomic E-state index is -3.39. The highest BCUT2D eigenvalue weighted by molar-refractivity contribution is 6.69. The lowest BCUT2D eigenvalue weighted by atomic mass is 10.1. The van der Waals surface area contributed by atoms with E-state index in [9.17, 15) is 18.4 Å². The van der Waals surface area contributed by atoms with Crippen molar-refractivity contribution in [3.8, 4) is 0 Å². The molecule has 25 heavy (non-hydrogen) atoms. The molecular formula is C15H23F2N3O4Si. The molecule has 0 radical (unpaired) electrons. The molecule has 0 saturated carbocycles. The van der Waals surface area contributed by atoms with Crippen molar-refractivity contribution in [2.75, 3.05) is 5.32 Å². The van der Waals surface area contributed by atoms with Gasteiger partial charge in [-0.25, -0.2) is 4.79 Å². The molecule has 1 saturated heterocycles. The van der Waals surface area contributed by atoms with E-state index < -0.39 is 44.3 Å². The third-order valence-electron chi connectivity index (χ3n) is 3.62. The average molecular weight is 375 g/mol. The van der Waals surface area contributed by atoms with Crippen molar-refractivity contribution >= 4 is 20.0 Å². The number of halogens is 2. The summed E-state index contributed by atoms with van der Waals surface area (Å²) >= 11 is 0. The quantitative estimate of drug-likeness (QED) is 0.799. The molecule has 1 aliphatic heterocycles. The first-order valence-electron chi connectivity index (χ1n) is 8.03. The van der Waals surface area contributed by atoms with Crippen LogP contribution in [0.25, 0.3) is 0 Å². The molecule has 2 rings (SSSR count). The molecule has 0 aromatic carbocycles. The van der Waals surface area contributed by atoms with E-state index in [1.165, 1.54) is 13.0 Å². The molecule has 1 N–H and O–H groups in total. The van der Waals surface area contributed by atoms with Crippen molar-refractivity contribution in [1.29, 1.82) is 0 Å². The molecule has 0 unspecified atom stereocenters. The van der Waals surface area contributed by atoms with E-state index >= 15 is 0 Å². The maximum Gasteiger partial charge on any atom is 0.351 e. The summed E-state index contributed by atoms with van der Waals surface area (Å²) < 4.78 is 41.7. The van der Waals surface area contributed by atoms with Crippen LogP contribution in [0.3, 0.4) is 0 Å². The summed E-state index contributed by atoms with van der Waals surface area (Å²) in [6.07, 6.45) is -2.58. The Morgan fingerprint density at radius 2 is 2.12 bits per heavy atom. The summed E-state index contributed by atoms with van der Waals surface area (Å²) in [5, 5.41) is 2.33. The number of hydrogen-bond acceptors (Lipinski definition) is 5. The molecule has 0 aliphatic carbocycles. The van der Waals surface area contributed by atoms with Gasteiger partial charge in [-0.1, -0.05) is 6.92 Å². The van der Waals surface area contributed by atoms with Crippen molar-refractivity contribution in [1.82, 2.24) is 9.55 Å². The van der Waals surface area contributed by atoms with Gasteiger partial charge in [0, 0.05) is 13.1 Å². The summed E-state index contributed by atoms with van der Waals surface area (Å²) in [6.45, 7) is 8.44. The Bertz CT molecular complexity index is 705.